The van der Waals surface area contributed by atoms with E-state index < -0.39 is 6.04 Å². The van der Waals surface area contributed by atoms with Crippen molar-refractivity contribution in [2.24, 2.45) is 0 Å². The van der Waals surface area contributed by atoms with Gasteiger partial charge >= 0.3 is 0 Å². The van der Waals surface area contributed by atoms with E-state index in [-0.39, 0.29) is 17.5 Å². The smallest absolute Gasteiger partial charge is 0.287 e. The topological polar surface area (TPSA) is 55.1 Å². The predicted molar refractivity (Wildman–Crippen MR) is 90.4 cm³/mol. The average molecular weight is 342 g/mol. The Hall–Kier alpha value is -2.60. The number of hydrogen-bond acceptors (Lipinski definition) is 4. The van der Waals surface area contributed by atoms with Crippen LogP contribution in [0.2, 0.25) is 0 Å². The van der Waals surface area contributed by atoms with Crippen molar-refractivity contribution in [2.45, 2.75) is 11.1 Å². The summed E-state index contributed by atoms with van der Waals surface area (Å²) >= 11 is 1.42. The van der Waals surface area contributed by atoms with Crippen LogP contribution >= 0.6 is 11.8 Å². The Bertz CT molecular complexity index is 819. The molecular weight excluding hydrogens is 327 g/mol. The molecule has 4 nitrogen and oxygen atoms in total. The van der Waals surface area contributed by atoms with Crippen LogP contribution in [-0.4, -0.2) is 17.1 Å². The largest absolute Gasteiger partial charge is 0.445 e. The van der Waals surface area contributed by atoms with Crippen molar-refractivity contribution in [1.82, 2.24) is 10.3 Å². The summed E-state index contributed by atoms with van der Waals surface area (Å²) in [6, 6.07) is 14.3. The summed E-state index contributed by atoms with van der Waals surface area (Å²) in [5, 5.41) is 3.56. The zero-order chi connectivity index (χ0) is 16.9. The van der Waals surface area contributed by atoms with E-state index in [1.807, 2.05) is 18.4 Å². The minimum atomic E-state index is -0.498. The maximum Gasteiger partial charge on any atom is 0.287 e. The molecule has 122 valence electrons. The number of benzene rings is 1. The number of nitrogens with one attached hydrogen (secondary N) is 1. The summed E-state index contributed by atoms with van der Waals surface area (Å²) in [6.07, 6.45) is 3.52. The first kappa shape index (κ1) is 16.3. The zero-order valence-electron chi connectivity index (χ0n) is 12.9. The van der Waals surface area contributed by atoms with Crippen LogP contribution in [0.1, 0.15) is 27.9 Å². The SMILES string of the molecule is CSc1ccc(C(=O)N[C@@H](c2ccc(F)cc2)c2ccccn2)o1. The Morgan fingerprint density at radius 1 is 1.17 bits per heavy atom. The third-order valence-corrected chi connectivity index (χ3v) is 4.09. The van der Waals surface area contributed by atoms with Crippen LogP contribution in [-0.2, 0) is 0 Å². The van der Waals surface area contributed by atoms with Crippen molar-refractivity contribution >= 4 is 17.7 Å². The van der Waals surface area contributed by atoms with Gasteiger partial charge < -0.3 is 9.73 Å². The highest BCUT2D eigenvalue weighted by atomic mass is 32.2. The molecular formula is C18H15FN2O2S. The second-order valence-corrected chi connectivity index (χ2v) is 5.85. The third kappa shape index (κ3) is 3.65. The minimum Gasteiger partial charge on any atom is -0.445 e. The van der Waals surface area contributed by atoms with Crippen LogP contribution in [0, 0.1) is 5.82 Å². The molecule has 24 heavy (non-hydrogen) atoms. The van der Waals surface area contributed by atoms with Gasteiger partial charge in [0, 0.05) is 6.20 Å². The van der Waals surface area contributed by atoms with Crippen molar-refractivity contribution in [3.63, 3.8) is 0 Å². The molecule has 2 heterocycles. The molecule has 0 aliphatic heterocycles. The molecule has 1 atom stereocenters. The van der Waals surface area contributed by atoms with Gasteiger partial charge in [0.05, 0.1) is 11.7 Å². The van der Waals surface area contributed by atoms with E-state index in [1.54, 1.807) is 36.5 Å². The predicted octanol–water partition coefficient (Wildman–Crippen LogP) is 4.06. The van der Waals surface area contributed by atoms with E-state index in [0.29, 0.717) is 10.8 Å². The van der Waals surface area contributed by atoms with Crippen LogP contribution in [0.3, 0.4) is 0 Å². The molecule has 0 saturated carbocycles. The standard InChI is InChI=1S/C18H15FN2O2S/c1-24-16-10-9-15(23-16)18(22)21-17(14-4-2-3-11-20-14)12-5-7-13(19)8-6-12/h2-11,17H,1H3,(H,21,22)/t17-/m0/s1. The number of halogens is 1. The second-order valence-electron chi connectivity index (χ2n) is 5.04. The van der Waals surface area contributed by atoms with Crippen LogP contribution in [0.25, 0.3) is 0 Å². The van der Waals surface area contributed by atoms with Crippen LogP contribution in [0.5, 0.6) is 0 Å². The number of carbonyl (C=O) groups excluding carboxylic acids is 1. The first-order valence-electron chi connectivity index (χ1n) is 7.28. The van der Waals surface area contributed by atoms with Gasteiger partial charge in [-0.3, -0.25) is 9.78 Å². The Balaban J connectivity index is 1.90. The number of furan rings is 1. The molecule has 0 unspecified atom stereocenters. The summed E-state index contributed by atoms with van der Waals surface area (Å²) in [7, 11) is 0. The molecule has 6 heteroatoms. The number of hydrogen-bond donors (Lipinski definition) is 1. The Morgan fingerprint density at radius 2 is 1.96 bits per heavy atom. The minimum absolute atomic E-state index is 0.224. The van der Waals surface area contributed by atoms with Crippen molar-refractivity contribution in [3.8, 4) is 0 Å². The second kappa shape index (κ2) is 7.31. The van der Waals surface area contributed by atoms with Crippen LogP contribution in [0.15, 0.2) is 70.3 Å². The highest BCUT2D eigenvalue weighted by molar-refractivity contribution is 7.98. The lowest BCUT2D eigenvalue weighted by Gasteiger charge is -2.18. The van der Waals surface area contributed by atoms with E-state index in [9.17, 15) is 9.18 Å². The fourth-order valence-corrected chi connectivity index (χ4v) is 2.66. The molecule has 3 aromatic rings. The molecule has 1 amide bonds. The van der Waals surface area contributed by atoms with Crippen molar-refractivity contribution in [3.05, 3.63) is 83.6 Å². The molecule has 0 spiro atoms. The van der Waals surface area contributed by atoms with Gasteiger partial charge in [-0.1, -0.05) is 30.0 Å². The van der Waals surface area contributed by atoms with E-state index in [0.717, 1.165) is 5.56 Å². The van der Waals surface area contributed by atoms with Gasteiger partial charge in [-0.05, 0) is 48.2 Å². The number of pyridine rings is 1. The molecule has 1 N–H and O–H groups in total. The summed E-state index contributed by atoms with van der Waals surface area (Å²) in [5.74, 6) is -0.460. The van der Waals surface area contributed by atoms with Gasteiger partial charge in [-0.25, -0.2) is 4.39 Å². The van der Waals surface area contributed by atoms with E-state index in [4.69, 9.17) is 4.42 Å². The quantitative estimate of drug-likeness (QED) is 0.711. The summed E-state index contributed by atoms with van der Waals surface area (Å²) in [4.78, 5) is 16.8. The maximum atomic E-state index is 13.2. The van der Waals surface area contributed by atoms with E-state index in [1.165, 1.54) is 23.9 Å². The molecule has 0 fully saturated rings. The first-order chi connectivity index (χ1) is 11.7. The fraction of sp³-hybridized carbons (Fsp3) is 0.111. The maximum absolute atomic E-state index is 13.2. The van der Waals surface area contributed by atoms with Gasteiger partial charge in [-0.2, -0.15) is 0 Å². The molecule has 3 rings (SSSR count). The Morgan fingerprint density at radius 3 is 2.58 bits per heavy atom. The molecule has 1 aromatic carbocycles. The summed E-state index contributed by atoms with van der Waals surface area (Å²) in [6.45, 7) is 0. The molecule has 0 saturated heterocycles. The highest BCUT2D eigenvalue weighted by Gasteiger charge is 2.21. The van der Waals surface area contributed by atoms with Crippen molar-refractivity contribution in [2.75, 3.05) is 6.26 Å². The molecule has 2 aromatic heterocycles. The van der Waals surface area contributed by atoms with Crippen LogP contribution in [0.4, 0.5) is 4.39 Å². The molecule has 0 aliphatic rings. The molecule has 0 aliphatic carbocycles. The first-order valence-corrected chi connectivity index (χ1v) is 8.51. The number of nitrogens with zero attached hydrogens (tertiary/aromatic N) is 1. The van der Waals surface area contributed by atoms with Gasteiger partial charge in [0.25, 0.3) is 5.91 Å². The van der Waals surface area contributed by atoms with Gasteiger partial charge in [0.1, 0.15) is 5.82 Å². The number of carbonyl (C=O) groups is 1. The van der Waals surface area contributed by atoms with Crippen molar-refractivity contribution < 1.29 is 13.6 Å². The van der Waals surface area contributed by atoms with Gasteiger partial charge in [0.2, 0.25) is 0 Å². The average Bonchev–Trinajstić information content (AvgIpc) is 3.10. The Kier molecular flexibility index (Phi) is 4.96. The van der Waals surface area contributed by atoms with Crippen molar-refractivity contribution in [1.29, 1.82) is 0 Å². The number of thioether (sulfide) groups is 1. The fourth-order valence-electron chi connectivity index (χ4n) is 2.28. The Labute approximate surface area is 143 Å². The molecule has 0 bridgehead atoms. The van der Waals surface area contributed by atoms with Gasteiger partial charge in [-0.15, -0.1) is 0 Å². The van der Waals surface area contributed by atoms with E-state index >= 15 is 0 Å². The van der Waals surface area contributed by atoms with Crippen LogP contribution < -0.4 is 5.32 Å². The zero-order valence-corrected chi connectivity index (χ0v) is 13.7. The van der Waals surface area contributed by atoms with E-state index in [2.05, 4.69) is 10.3 Å². The molecule has 0 radical (unpaired) electrons. The van der Waals surface area contributed by atoms with Gasteiger partial charge in [0.15, 0.2) is 10.9 Å². The lowest BCUT2D eigenvalue weighted by molar-refractivity contribution is 0.0909. The summed E-state index contributed by atoms with van der Waals surface area (Å²) < 4.78 is 18.7. The third-order valence-electron chi connectivity index (χ3n) is 3.47. The normalized spacial score (nSPS) is 11.9. The lowest BCUT2D eigenvalue weighted by Crippen LogP contribution is -2.29. The summed E-state index contributed by atoms with van der Waals surface area (Å²) in [5.41, 5.74) is 1.40. The number of rotatable bonds is 5. The number of amides is 1. The lowest BCUT2D eigenvalue weighted by atomic mass is 10.0. The highest BCUT2D eigenvalue weighted by Crippen LogP contribution is 2.23. The monoisotopic (exact) mass is 342 g/mol. The number of aromatic nitrogens is 1.